The van der Waals surface area contributed by atoms with Crippen molar-refractivity contribution < 1.29 is 27.5 Å². The van der Waals surface area contributed by atoms with E-state index in [0.717, 1.165) is 5.69 Å². The fourth-order valence-electron chi connectivity index (χ4n) is 4.46. The summed E-state index contributed by atoms with van der Waals surface area (Å²) in [7, 11) is 0. The summed E-state index contributed by atoms with van der Waals surface area (Å²) >= 11 is 0. The number of anilines is 1. The van der Waals surface area contributed by atoms with Crippen LogP contribution in [0.15, 0.2) is 48.5 Å². The van der Waals surface area contributed by atoms with Crippen molar-refractivity contribution in [3.63, 3.8) is 0 Å². The molecule has 0 saturated carbocycles. The number of para-hydroxylation sites is 1. The van der Waals surface area contributed by atoms with Gasteiger partial charge in [-0.2, -0.15) is 8.78 Å². The van der Waals surface area contributed by atoms with Crippen LogP contribution in [0.25, 0.3) is 0 Å². The third kappa shape index (κ3) is 6.45. The summed E-state index contributed by atoms with van der Waals surface area (Å²) in [5.41, 5.74) is 1.07. The molecule has 2 aliphatic rings. The first-order valence-corrected chi connectivity index (χ1v) is 11.7. The number of ether oxygens (including phenoxy) is 1. The molecule has 2 aromatic rings. The zero-order valence-corrected chi connectivity index (χ0v) is 19.4. The molecule has 2 aliphatic heterocycles. The lowest BCUT2D eigenvalue weighted by molar-refractivity contribution is -0.131. The van der Waals surface area contributed by atoms with E-state index in [9.17, 15) is 22.8 Å². The lowest BCUT2D eigenvalue weighted by atomic mass is 10.1. The van der Waals surface area contributed by atoms with E-state index >= 15 is 0 Å². The normalized spacial score (nSPS) is 17.1. The molecule has 0 spiro atoms. The molecular formula is C25H29F3N4O3. The largest absolute Gasteiger partial charge is 0.434 e. The summed E-state index contributed by atoms with van der Waals surface area (Å²) < 4.78 is 42.9. The molecule has 10 heteroatoms. The quantitative estimate of drug-likeness (QED) is 0.598. The molecule has 0 aliphatic carbocycles. The first-order valence-electron chi connectivity index (χ1n) is 11.7. The summed E-state index contributed by atoms with van der Waals surface area (Å²) in [5, 5.41) is 0. The van der Waals surface area contributed by atoms with E-state index in [2.05, 4.69) is 14.5 Å². The average molecular weight is 491 g/mol. The van der Waals surface area contributed by atoms with Gasteiger partial charge < -0.3 is 19.4 Å². The van der Waals surface area contributed by atoms with Crippen molar-refractivity contribution >= 4 is 17.5 Å². The van der Waals surface area contributed by atoms with E-state index < -0.39 is 6.61 Å². The molecule has 2 saturated heterocycles. The van der Waals surface area contributed by atoms with Crippen LogP contribution < -0.4 is 9.64 Å². The smallest absolute Gasteiger partial charge is 0.387 e. The highest BCUT2D eigenvalue weighted by atomic mass is 19.3. The van der Waals surface area contributed by atoms with Crippen molar-refractivity contribution in [3.05, 3.63) is 59.9 Å². The van der Waals surface area contributed by atoms with Crippen LogP contribution in [-0.2, 0) is 4.79 Å². The molecule has 4 rings (SSSR count). The summed E-state index contributed by atoms with van der Waals surface area (Å²) in [6.45, 7) is 2.37. The van der Waals surface area contributed by atoms with Gasteiger partial charge in [-0.3, -0.25) is 14.5 Å². The number of hydrogen-bond acceptors (Lipinski definition) is 5. The maximum atomic E-state index is 13.1. The Balaban J connectivity index is 1.20. The Morgan fingerprint density at radius 1 is 0.829 bits per heavy atom. The first kappa shape index (κ1) is 24.8. The molecule has 7 nitrogen and oxygen atoms in total. The van der Waals surface area contributed by atoms with Crippen LogP contribution in [-0.4, -0.2) is 92.0 Å². The maximum Gasteiger partial charge on any atom is 0.387 e. The second-order valence-corrected chi connectivity index (χ2v) is 8.60. The molecule has 188 valence electrons. The molecule has 2 amide bonds. The van der Waals surface area contributed by atoms with Gasteiger partial charge in [0.2, 0.25) is 5.91 Å². The predicted molar refractivity (Wildman–Crippen MR) is 125 cm³/mol. The Hall–Kier alpha value is -3.27. The Kier molecular flexibility index (Phi) is 8.12. The first-order chi connectivity index (χ1) is 16.9. The molecular weight excluding hydrogens is 461 g/mol. The second kappa shape index (κ2) is 11.4. The lowest BCUT2D eigenvalue weighted by Gasteiger charge is -2.37. The standard InChI is InChI=1S/C25H29F3N4O3/c26-19-5-7-20(8-6-19)30-15-17-31(18-16-30)23(33)9-10-29-11-13-32(14-12-29)24(34)21-3-1-2-4-22(21)35-25(27)28/h1-8,25H,9-18H2. The van der Waals surface area contributed by atoms with Crippen LogP contribution in [0.5, 0.6) is 5.75 Å². The Labute approximate surface area is 202 Å². The van der Waals surface area contributed by atoms with E-state index in [4.69, 9.17) is 0 Å². The molecule has 2 fully saturated rings. The van der Waals surface area contributed by atoms with Crippen molar-refractivity contribution in [1.29, 1.82) is 0 Å². The number of benzene rings is 2. The molecule has 0 N–H and O–H groups in total. The minimum absolute atomic E-state index is 0.0975. The number of piperazine rings is 2. The van der Waals surface area contributed by atoms with Gasteiger partial charge in [0.15, 0.2) is 0 Å². The number of hydrogen-bond donors (Lipinski definition) is 0. The average Bonchev–Trinajstić information content (AvgIpc) is 2.88. The van der Waals surface area contributed by atoms with Crippen LogP contribution in [0, 0.1) is 5.82 Å². The summed E-state index contributed by atoms with van der Waals surface area (Å²) in [5.74, 6) is -0.630. The topological polar surface area (TPSA) is 56.3 Å². The minimum atomic E-state index is -3.00. The van der Waals surface area contributed by atoms with Crippen molar-refractivity contribution in [1.82, 2.24) is 14.7 Å². The van der Waals surface area contributed by atoms with Crippen molar-refractivity contribution in [2.24, 2.45) is 0 Å². The number of nitrogens with zero attached hydrogens (tertiary/aromatic N) is 4. The minimum Gasteiger partial charge on any atom is -0.434 e. The fraction of sp³-hybridized carbons (Fsp3) is 0.440. The Morgan fingerprint density at radius 3 is 2.11 bits per heavy atom. The Bertz CT molecular complexity index is 1010. The van der Waals surface area contributed by atoms with Gasteiger partial charge in [-0.25, -0.2) is 4.39 Å². The predicted octanol–water partition coefficient (Wildman–Crippen LogP) is 2.92. The van der Waals surface area contributed by atoms with Crippen molar-refractivity contribution in [3.8, 4) is 5.75 Å². The number of carbonyl (C=O) groups is 2. The lowest BCUT2D eigenvalue weighted by Crippen LogP contribution is -2.51. The van der Waals surface area contributed by atoms with Gasteiger partial charge in [0, 0.05) is 71.0 Å². The molecule has 2 heterocycles. The third-order valence-corrected chi connectivity index (χ3v) is 6.46. The van der Waals surface area contributed by atoms with Crippen LogP contribution in [0.4, 0.5) is 18.9 Å². The molecule has 0 aromatic heterocycles. The zero-order chi connectivity index (χ0) is 24.8. The molecule has 0 unspecified atom stereocenters. The molecule has 0 radical (unpaired) electrons. The van der Waals surface area contributed by atoms with Crippen molar-refractivity contribution in [2.45, 2.75) is 13.0 Å². The molecule has 2 aromatic carbocycles. The Morgan fingerprint density at radius 2 is 1.46 bits per heavy atom. The van der Waals surface area contributed by atoms with Gasteiger partial charge in [0.1, 0.15) is 11.6 Å². The monoisotopic (exact) mass is 490 g/mol. The number of rotatable bonds is 7. The van der Waals surface area contributed by atoms with Crippen LogP contribution in [0.1, 0.15) is 16.8 Å². The van der Waals surface area contributed by atoms with Gasteiger partial charge in [-0.15, -0.1) is 0 Å². The molecule has 0 atom stereocenters. The van der Waals surface area contributed by atoms with Crippen LogP contribution >= 0.6 is 0 Å². The fourth-order valence-corrected chi connectivity index (χ4v) is 4.46. The van der Waals surface area contributed by atoms with Crippen LogP contribution in [0.3, 0.4) is 0 Å². The van der Waals surface area contributed by atoms with Crippen LogP contribution in [0.2, 0.25) is 0 Å². The van der Waals surface area contributed by atoms with E-state index in [1.165, 1.54) is 24.3 Å². The summed E-state index contributed by atoms with van der Waals surface area (Å²) in [6.07, 6.45) is 0.398. The molecule has 0 bridgehead atoms. The number of amides is 2. The van der Waals surface area contributed by atoms with Gasteiger partial charge in [0.05, 0.1) is 5.56 Å². The second-order valence-electron chi connectivity index (χ2n) is 8.60. The van der Waals surface area contributed by atoms with Gasteiger partial charge in [-0.05, 0) is 36.4 Å². The number of carbonyl (C=O) groups excluding carboxylic acids is 2. The van der Waals surface area contributed by atoms with E-state index in [0.29, 0.717) is 65.3 Å². The highest BCUT2D eigenvalue weighted by Crippen LogP contribution is 2.23. The maximum absolute atomic E-state index is 13.1. The zero-order valence-electron chi connectivity index (χ0n) is 19.4. The SMILES string of the molecule is O=C(CCN1CCN(C(=O)c2ccccc2OC(F)F)CC1)N1CCN(c2ccc(F)cc2)CC1. The highest BCUT2D eigenvalue weighted by molar-refractivity contribution is 5.97. The summed E-state index contributed by atoms with van der Waals surface area (Å²) in [6, 6.07) is 12.4. The highest BCUT2D eigenvalue weighted by Gasteiger charge is 2.26. The van der Waals surface area contributed by atoms with E-state index in [-0.39, 0.29) is 28.9 Å². The van der Waals surface area contributed by atoms with Gasteiger partial charge >= 0.3 is 6.61 Å². The number of alkyl halides is 2. The van der Waals surface area contributed by atoms with Crippen molar-refractivity contribution in [2.75, 3.05) is 63.8 Å². The van der Waals surface area contributed by atoms with Gasteiger partial charge in [-0.1, -0.05) is 12.1 Å². The van der Waals surface area contributed by atoms with Gasteiger partial charge in [0.25, 0.3) is 5.91 Å². The number of halogens is 3. The summed E-state index contributed by atoms with van der Waals surface area (Å²) in [4.78, 5) is 33.3. The third-order valence-electron chi connectivity index (χ3n) is 6.46. The molecule has 35 heavy (non-hydrogen) atoms. The van der Waals surface area contributed by atoms with E-state index in [1.54, 1.807) is 29.2 Å². The van der Waals surface area contributed by atoms with E-state index in [1.807, 2.05) is 4.90 Å².